The van der Waals surface area contributed by atoms with Crippen LogP contribution in [0.5, 0.6) is 0 Å². The van der Waals surface area contributed by atoms with Crippen LogP contribution in [0.25, 0.3) is 0 Å². The molecule has 1 amide bonds. The van der Waals surface area contributed by atoms with Crippen molar-refractivity contribution in [2.45, 2.75) is 28.7 Å². The maximum absolute atomic E-state index is 12.7. The monoisotopic (exact) mass is 383 g/mol. The van der Waals surface area contributed by atoms with Crippen LogP contribution in [0, 0.1) is 16.0 Å². The molecule has 27 heavy (non-hydrogen) atoms. The first-order chi connectivity index (χ1) is 13.1. The summed E-state index contributed by atoms with van der Waals surface area (Å²) in [6.45, 7) is 3.09. The molecular weight excluding hydrogens is 362 g/mol. The van der Waals surface area contributed by atoms with Crippen molar-refractivity contribution in [2.75, 3.05) is 19.6 Å². The lowest BCUT2D eigenvalue weighted by Crippen LogP contribution is -2.57. The second-order valence-electron chi connectivity index (χ2n) is 7.07. The number of carbonyl (C=O) groups excluding carboxylic acids is 1. The SMILES string of the molecule is O=C(NC1CN2CCC1CC2)c1ccc(Sc2ccccc2)c([N+](=O)[O-])c1. The number of piperidine rings is 3. The van der Waals surface area contributed by atoms with Gasteiger partial charge >= 0.3 is 0 Å². The Labute approximate surface area is 162 Å². The molecule has 6 nitrogen and oxygen atoms in total. The van der Waals surface area contributed by atoms with E-state index in [1.54, 1.807) is 12.1 Å². The standard InChI is InChI=1S/C20H21N3O3S/c24-20(21-17-13-22-10-8-14(17)9-11-22)15-6-7-19(18(12-15)23(25)26)27-16-4-2-1-3-5-16/h1-7,12,14,17H,8-11,13H2,(H,21,24). The van der Waals surface area contributed by atoms with Gasteiger partial charge in [-0.25, -0.2) is 0 Å². The van der Waals surface area contributed by atoms with E-state index in [0.717, 1.165) is 37.4 Å². The van der Waals surface area contributed by atoms with Gasteiger partial charge < -0.3 is 10.2 Å². The van der Waals surface area contributed by atoms with Crippen LogP contribution in [-0.2, 0) is 0 Å². The third-order valence-electron chi connectivity index (χ3n) is 5.36. The van der Waals surface area contributed by atoms with E-state index < -0.39 is 4.92 Å². The number of carbonyl (C=O) groups is 1. The molecular formula is C20H21N3O3S. The van der Waals surface area contributed by atoms with E-state index in [0.29, 0.717) is 16.4 Å². The molecule has 1 N–H and O–H groups in total. The van der Waals surface area contributed by atoms with Gasteiger partial charge in [0.25, 0.3) is 11.6 Å². The van der Waals surface area contributed by atoms with Crippen LogP contribution in [0.3, 0.4) is 0 Å². The van der Waals surface area contributed by atoms with Crippen molar-refractivity contribution in [3.63, 3.8) is 0 Å². The Morgan fingerprint density at radius 3 is 2.52 bits per heavy atom. The van der Waals surface area contributed by atoms with Gasteiger partial charge in [-0.05, 0) is 56.1 Å². The number of rotatable bonds is 5. The summed E-state index contributed by atoms with van der Waals surface area (Å²) in [5.41, 5.74) is 0.306. The topological polar surface area (TPSA) is 75.5 Å². The minimum atomic E-state index is -0.420. The van der Waals surface area contributed by atoms with E-state index in [4.69, 9.17) is 0 Å². The van der Waals surface area contributed by atoms with E-state index in [9.17, 15) is 14.9 Å². The molecule has 5 rings (SSSR count). The van der Waals surface area contributed by atoms with Gasteiger partial charge in [0.1, 0.15) is 0 Å². The zero-order valence-corrected chi connectivity index (χ0v) is 15.7. The first kappa shape index (κ1) is 18.0. The Morgan fingerprint density at radius 1 is 1.15 bits per heavy atom. The number of hydrogen-bond acceptors (Lipinski definition) is 5. The summed E-state index contributed by atoms with van der Waals surface area (Å²) in [7, 11) is 0. The van der Waals surface area contributed by atoms with Crippen molar-refractivity contribution in [1.29, 1.82) is 0 Å². The molecule has 0 saturated carbocycles. The lowest BCUT2D eigenvalue weighted by Gasteiger charge is -2.44. The lowest BCUT2D eigenvalue weighted by atomic mass is 9.84. The molecule has 1 atom stereocenters. The Morgan fingerprint density at radius 2 is 1.89 bits per heavy atom. The number of nitrogens with zero attached hydrogens (tertiary/aromatic N) is 2. The third-order valence-corrected chi connectivity index (χ3v) is 6.43. The molecule has 3 aliphatic heterocycles. The number of nitrogens with one attached hydrogen (secondary N) is 1. The van der Waals surface area contributed by atoms with E-state index in [1.807, 2.05) is 30.3 Å². The summed E-state index contributed by atoms with van der Waals surface area (Å²) < 4.78 is 0. The summed E-state index contributed by atoms with van der Waals surface area (Å²) in [4.78, 5) is 27.6. The van der Waals surface area contributed by atoms with Crippen molar-refractivity contribution in [1.82, 2.24) is 10.2 Å². The Kier molecular flexibility index (Phi) is 5.13. The fraction of sp³-hybridized carbons (Fsp3) is 0.350. The minimum Gasteiger partial charge on any atom is -0.348 e. The summed E-state index contributed by atoms with van der Waals surface area (Å²) in [5, 5.41) is 14.6. The predicted molar refractivity (Wildman–Crippen MR) is 104 cm³/mol. The van der Waals surface area contributed by atoms with Gasteiger partial charge in [0.2, 0.25) is 0 Å². The molecule has 3 saturated heterocycles. The van der Waals surface area contributed by atoms with Crippen molar-refractivity contribution in [3.8, 4) is 0 Å². The highest BCUT2D eigenvalue weighted by Crippen LogP contribution is 2.35. The molecule has 0 aromatic heterocycles. The van der Waals surface area contributed by atoms with Crippen molar-refractivity contribution >= 4 is 23.4 Å². The Hall–Kier alpha value is -2.38. The molecule has 2 bridgehead atoms. The molecule has 7 heteroatoms. The first-order valence-electron chi connectivity index (χ1n) is 9.15. The summed E-state index contributed by atoms with van der Waals surface area (Å²) in [6, 6.07) is 14.4. The van der Waals surface area contributed by atoms with Crippen LogP contribution >= 0.6 is 11.8 Å². The zero-order valence-electron chi connectivity index (χ0n) is 14.8. The molecule has 3 fully saturated rings. The normalized spacial score (nSPS) is 23.8. The molecule has 0 radical (unpaired) electrons. The van der Waals surface area contributed by atoms with Crippen molar-refractivity contribution < 1.29 is 9.72 Å². The average Bonchev–Trinajstić information content (AvgIpc) is 2.70. The zero-order chi connectivity index (χ0) is 18.8. The number of fused-ring (bicyclic) bond motifs is 3. The van der Waals surface area contributed by atoms with Crippen LogP contribution in [0.1, 0.15) is 23.2 Å². The third kappa shape index (κ3) is 3.99. The van der Waals surface area contributed by atoms with Crippen LogP contribution in [0.15, 0.2) is 58.3 Å². The molecule has 2 aromatic rings. The highest BCUT2D eigenvalue weighted by molar-refractivity contribution is 7.99. The summed E-state index contributed by atoms with van der Waals surface area (Å²) >= 11 is 1.33. The quantitative estimate of drug-likeness (QED) is 0.631. The Balaban J connectivity index is 1.52. The fourth-order valence-electron chi connectivity index (χ4n) is 3.88. The smallest absolute Gasteiger partial charge is 0.284 e. The molecule has 3 heterocycles. The van der Waals surface area contributed by atoms with E-state index >= 15 is 0 Å². The predicted octanol–water partition coefficient (Wildman–Crippen LogP) is 3.57. The maximum atomic E-state index is 12.7. The minimum absolute atomic E-state index is 0.0367. The molecule has 1 unspecified atom stereocenters. The first-order valence-corrected chi connectivity index (χ1v) is 9.96. The van der Waals surface area contributed by atoms with Gasteiger partial charge in [0.15, 0.2) is 0 Å². The van der Waals surface area contributed by atoms with Crippen LogP contribution in [-0.4, -0.2) is 41.4 Å². The van der Waals surface area contributed by atoms with Gasteiger partial charge in [-0.15, -0.1) is 0 Å². The molecule has 2 aromatic carbocycles. The largest absolute Gasteiger partial charge is 0.348 e. The second-order valence-corrected chi connectivity index (χ2v) is 8.19. The van der Waals surface area contributed by atoms with E-state index in [-0.39, 0.29) is 17.6 Å². The fourth-order valence-corrected chi connectivity index (χ4v) is 4.80. The van der Waals surface area contributed by atoms with E-state index in [1.165, 1.54) is 17.8 Å². The summed E-state index contributed by atoms with van der Waals surface area (Å²) in [5.74, 6) is 0.287. The molecule has 140 valence electrons. The molecule has 0 spiro atoms. The van der Waals surface area contributed by atoms with Gasteiger partial charge in [0.05, 0.1) is 9.82 Å². The van der Waals surface area contributed by atoms with Gasteiger partial charge in [-0.2, -0.15) is 0 Å². The Bertz CT molecular complexity index is 851. The van der Waals surface area contributed by atoms with Crippen molar-refractivity contribution in [2.24, 2.45) is 5.92 Å². The second kappa shape index (κ2) is 7.70. The maximum Gasteiger partial charge on any atom is 0.284 e. The van der Waals surface area contributed by atoms with Crippen LogP contribution in [0.4, 0.5) is 5.69 Å². The number of nitro benzene ring substituents is 1. The van der Waals surface area contributed by atoms with E-state index in [2.05, 4.69) is 10.2 Å². The number of hydrogen-bond donors (Lipinski definition) is 1. The average molecular weight is 383 g/mol. The van der Waals surface area contributed by atoms with Crippen LogP contribution < -0.4 is 5.32 Å². The number of nitro groups is 1. The highest BCUT2D eigenvalue weighted by atomic mass is 32.2. The summed E-state index contributed by atoms with van der Waals surface area (Å²) in [6.07, 6.45) is 2.22. The molecule has 3 aliphatic rings. The number of benzene rings is 2. The highest BCUT2D eigenvalue weighted by Gasteiger charge is 2.35. The van der Waals surface area contributed by atoms with Crippen molar-refractivity contribution in [3.05, 3.63) is 64.2 Å². The van der Waals surface area contributed by atoms with Gasteiger partial charge in [0, 0.05) is 29.1 Å². The van der Waals surface area contributed by atoms with Gasteiger partial charge in [-0.3, -0.25) is 14.9 Å². The van der Waals surface area contributed by atoms with Crippen LogP contribution in [0.2, 0.25) is 0 Å². The lowest BCUT2D eigenvalue weighted by molar-refractivity contribution is -0.387. The number of amides is 1. The van der Waals surface area contributed by atoms with Gasteiger partial charge in [-0.1, -0.05) is 30.0 Å². The molecule has 0 aliphatic carbocycles.